The molecule has 3 nitrogen and oxygen atoms in total. The lowest BCUT2D eigenvalue weighted by Gasteiger charge is -2.08. The van der Waals surface area contributed by atoms with Gasteiger partial charge in [0.15, 0.2) is 0 Å². The van der Waals surface area contributed by atoms with Gasteiger partial charge in [-0.25, -0.2) is 17.6 Å². The molecule has 130 valence electrons. The highest BCUT2D eigenvalue weighted by atomic mass is 79.9. The van der Waals surface area contributed by atoms with Crippen LogP contribution in [0, 0.1) is 23.3 Å². The zero-order chi connectivity index (χ0) is 17.9. The molecule has 2 rings (SSSR count). The predicted octanol–water partition coefficient (Wildman–Crippen LogP) is 5.89. The van der Waals surface area contributed by atoms with Crippen LogP contribution in [-0.2, 0) is 26.8 Å². The standard InChI is InChI=1S/C14H9Br2F4O3P/c15-9-3-11(17)7(1-13(9)19)5-22-24(21)23-6-8-2-14(20)10(16)4-12(8)18/h1-4,24H,5-6H2. The van der Waals surface area contributed by atoms with E-state index in [1.807, 2.05) is 0 Å². The van der Waals surface area contributed by atoms with E-state index < -0.39 is 44.7 Å². The van der Waals surface area contributed by atoms with Crippen LogP contribution < -0.4 is 0 Å². The van der Waals surface area contributed by atoms with Crippen LogP contribution in [0.15, 0.2) is 33.2 Å². The van der Waals surface area contributed by atoms with Crippen molar-refractivity contribution in [2.75, 3.05) is 0 Å². The highest BCUT2D eigenvalue weighted by Gasteiger charge is 2.12. The fourth-order valence-corrected chi connectivity index (χ4v) is 2.92. The second-order valence-electron chi connectivity index (χ2n) is 4.54. The highest BCUT2D eigenvalue weighted by Crippen LogP contribution is 2.30. The minimum atomic E-state index is -3.11. The lowest BCUT2D eigenvalue weighted by Crippen LogP contribution is -1.97. The summed E-state index contributed by atoms with van der Waals surface area (Å²) < 4.78 is 74.8. The van der Waals surface area contributed by atoms with E-state index in [9.17, 15) is 22.1 Å². The minimum absolute atomic E-state index is 0.0552. The molecular weight excluding hydrogens is 483 g/mol. The summed E-state index contributed by atoms with van der Waals surface area (Å²) in [4.78, 5) is 0. The van der Waals surface area contributed by atoms with Gasteiger partial charge in [-0.15, -0.1) is 0 Å². The maximum atomic E-state index is 13.6. The summed E-state index contributed by atoms with van der Waals surface area (Å²) in [5.41, 5.74) is -0.308. The fourth-order valence-electron chi connectivity index (χ4n) is 1.66. The van der Waals surface area contributed by atoms with Gasteiger partial charge in [0.2, 0.25) is 0 Å². The molecule has 10 heteroatoms. The number of hydrogen-bond donors (Lipinski definition) is 0. The van der Waals surface area contributed by atoms with Gasteiger partial charge in [-0.3, -0.25) is 4.57 Å². The number of rotatable bonds is 6. The molecule has 2 aromatic carbocycles. The summed E-state index contributed by atoms with van der Waals surface area (Å²) in [6.07, 6.45) is 0. The molecule has 0 heterocycles. The molecule has 0 aliphatic carbocycles. The Labute approximate surface area is 152 Å². The summed E-state index contributed by atoms with van der Waals surface area (Å²) in [6.45, 7) is -0.990. The smallest absolute Gasteiger partial charge is 0.306 e. The van der Waals surface area contributed by atoms with E-state index in [4.69, 9.17) is 9.05 Å². The normalized spacial score (nSPS) is 11.3. The Balaban J connectivity index is 1.93. The summed E-state index contributed by atoms with van der Waals surface area (Å²) in [5, 5.41) is 0. The van der Waals surface area contributed by atoms with Crippen LogP contribution in [0.1, 0.15) is 11.1 Å². The van der Waals surface area contributed by atoms with Crippen molar-refractivity contribution in [2.45, 2.75) is 13.2 Å². The summed E-state index contributed by atoms with van der Waals surface area (Å²) >= 11 is 5.65. The van der Waals surface area contributed by atoms with Crippen LogP contribution in [-0.4, -0.2) is 0 Å². The molecule has 0 saturated heterocycles. The SMILES string of the molecule is O=[PH](OCc1cc(F)c(Br)cc1F)OCc1cc(F)c(Br)cc1F. The van der Waals surface area contributed by atoms with Crippen molar-refractivity contribution in [3.8, 4) is 0 Å². The maximum absolute atomic E-state index is 13.6. The Hall–Kier alpha value is -0.730. The van der Waals surface area contributed by atoms with Gasteiger partial charge in [-0.2, -0.15) is 0 Å². The Morgan fingerprint density at radius 1 is 0.750 bits per heavy atom. The van der Waals surface area contributed by atoms with Crippen molar-refractivity contribution in [1.29, 1.82) is 0 Å². The van der Waals surface area contributed by atoms with E-state index >= 15 is 0 Å². The van der Waals surface area contributed by atoms with Crippen LogP contribution in [0.3, 0.4) is 0 Å². The van der Waals surface area contributed by atoms with Gasteiger partial charge in [0.05, 0.1) is 22.2 Å². The summed E-state index contributed by atoms with van der Waals surface area (Å²) in [5.74, 6) is -2.91. The Bertz CT molecular complexity index is 726. The first-order valence-electron chi connectivity index (χ1n) is 6.34. The third kappa shape index (κ3) is 5.13. The average molecular weight is 492 g/mol. The Morgan fingerprint density at radius 2 is 1.12 bits per heavy atom. The van der Waals surface area contributed by atoms with Crippen molar-refractivity contribution in [3.05, 3.63) is 67.6 Å². The Morgan fingerprint density at radius 3 is 1.50 bits per heavy atom. The van der Waals surface area contributed by atoms with Gasteiger partial charge in [-0.1, -0.05) is 0 Å². The summed E-state index contributed by atoms with van der Waals surface area (Å²) in [7, 11) is -3.11. The molecule has 2 aromatic rings. The second-order valence-corrected chi connectivity index (χ2v) is 7.33. The molecule has 24 heavy (non-hydrogen) atoms. The molecule has 0 fully saturated rings. The number of hydrogen-bond acceptors (Lipinski definition) is 3. The van der Waals surface area contributed by atoms with Crippen LogP contribution >= 0.6 is 40.1 Å². The molecule has 0 saturated carbocycles. The second kappa shape index (κ2) is 8.58. The number of benzene rings is 2. The highest BCUT2D eigenvalue weighted by molar-refractivity contribution is 9.10. The molecule has 0 amide bonds. The molecule has 0 spiro atoms. The van der Waals surface area contributed by atoms with Gasteiger partial charge in [0.25, 0.3) is 0 Å². The molecule has 0 bridgehead atoms. The minimum Gasteiger partial charge on any atom is -0.306 e. The first-order chi connectivity index (χ1) is 11.3. The van der Waals surface area contributed by atoms with Crippen molar-refractivity contribution >= 4 is 40.1 Å². The van der Waals surface area contributed by atoms with E-state index in [-0.39, 0.29) is 20.1 Å². The number of halogens is 6. The molecule has 0 aromatic heterocycles. The molecular formula is C14H9Br2F4O3P. The van der Waals surface area contributed by atoms with Gasteiger partial charge in [-0.05, 0) is 56.1 Å². The molecule has 0 unspecified atom stereocenters. The molecule has 0 aliphatic heterocycles. The lowest BCUT2D eigenvalue weighted by molar-refractivity contribution is 0.208. The van der Waals surface area contributed by atoms with Crippen LogP contribution in [0.4, 0.5) is 17.6 Å². The van der Waals surface area contributed by atoms with Gasteiger partial charge < -0.3 is 9.05 Å². The van der Waals surface area contributed by atoms with E-state index in [1.165, 1.54) is 0 Å². The van der Waals surface area contributed by atoms with E-state index in [0.717, 1.165) is 24.3 Å². The van der Waals surface area contributed by atoms with E-state index in [1.54, 1.807) is 0 Å². The topological polar surface area (TPSA) is 35.5 Å². The third-order valence-corrected chi connectivity index (χ3v) is 4.85. The fraction of sp³-hybridized carbons (Fsp3) is 0.143. The molecule has 0 atom stereocenters. The van der Waals surface area contributed by atoms with Crippen molar-refractivity contribution in [1.82, 2.24) is 0 Å². The first kappa shape index (κ1) is 19.6. The summed E-state index contributed by atoms with van der Waals surface area (Å²) in [6, 6.07) is 3.59. The van der Waals surface area contributed by atoms with Crippen molar-refractivity contribution in [3.63, 3.8) is 0 Å². The van der Waals surface area contributed by atoms with Crippen LogP contribution in [0.2, 0.25) is 0 Å². The zero-order valence-electron chi connectivity index (χ0n) is 11.7. The quantitative estimate of drug-likeness (QED) is 0.287. The van der Waals surface area contributed by atoms with Crippen LogP contribution in [0.25, 0.3) is 0 Å². The van der Waals surface area contributed by atoms with Gasteiger partial charge in [0.1, 0.15) is 23.3 Å². The molecule has 0 radical (unpaired) electrons. The first-order valence-corrected chi connectivity index (χ1v) is 9.15. The van der Waals surface area contributed by atoms with Crippen molar-refractivity contribution < 1.29 is 31.2 Å². The monoisotopic (exact) mass is 490 g/mol. The van der Waals surface area contributed by atoms with Gasteiger partial charge >= 0.3 is 8.25 Å². The predicted molar refractivity (Wildman–Crippen MR) is 86.7 cm³/mol. The molecule has 0 aliphatic rings. The Kier molecular flexibility index (Phi) is 7.00. The largest absolute Gasteiger partial charge is 0.319 e. The van der Waals surface area contributed by atoms with E-state index in [0.29, 0.717) is 0 Å². The van der Waals surface area contributed by atoms with Gasteiger partial charge in [0, 0.05) is 11.1 Å². The molecule has 0 N–H and O–H groups in total. The van der Waals surface area contributed by atoms with Crippen LogP contribution in [0.5, 0.6) is 0 Å². The average Bonchev–Trinajstić information content (AvgIpc) is 2.51. The zero-order valence-corrected chi connectivity index (χ0v) is 15.9. The maximum Gasteiger partial charge on any atom is 0.319 e. The van der Waals surface area contributed by atoms with E-state index in [2.05, 4.69) is 31.9 Å². The van der Waals surface area contributed by atoms with Crippen molar-refractivity contribution in [2.24, 2.45) is 0 Å². The third-order valence-electron chi connectivity index (χ3n) is 2.87. The lowest BCUT2D eigenvalue weighted by atomic mass is 10.2.